The van der Waals surface area contributed by atoms with Crippen molar-refractivity contribution < 1.29 is 13.2 Å². The number of pyridine rings is 1. The molecule has 0 aliphatic rings. The fourth-order valence-electron chi connectivity index (χ4n) is 1.07. The smallest absolute Gasteiger partial charge is 0.202 e. The van der Waals surface area contributed by atoms with Crippen LogP contribution in [-0.4, -0.2) is 15.2 Å². The largest absolute Gasteiger partial charge is 0.251 e. The van der Waals surface area contributed by atoms with E-state index in [1.165, 1.54) is 18.3 Å². The summed E-state index contributed by atoms with van der Waals surface area (Å²) in [5.41, 5.74) is -0.122. The maximum absolute atomic E-state index is 13.1. The van der Waals surface area contributed by atoms with Gasteiger partial charge in [-0.05, 0) is 18.2 Å². The average Bonchev–Trinajstić information content (AvgIpc) is 2.25. The zero-order valence-electron chi connectivity index (χ0n) is 7.28. The Morgan fingerprint density at radius 3 is 2.53 bits per heavy atom. The van der Waals surface area contributed by atoms with Crippen molar-refractivity contribution in [3.8, 4) is 11.3 Å². The van der Waals surface area contributed by atoms with Crippen molar-refractivity contribution in [3.05, 3.63) is 42.1 Å². The third kappa shape index (κ3) is 1.78. The lowest BCUT2D eigenvalue weighted by Crippen LogP contribution is -1.98. The van der Waals surface area contributed by atoms with Gasteiger partial charge in [0.05, 0.1) is 11.3 Å². The van der Waals surface area contributed by atoms with Gasteiger partial charge in [0.15, 0.2) is 5.82 Å². The van der Waals surface area contributed by atoms with Crippen molar-refractivity contribution in [1.82, 2.24) is 15.2 Å². The molecular formula is C9H4F3N3. The lowest BCUT2D eigenvalue weighted by Gasteiger charge is -2.01. The Kier molecular flexibility index (Phi) is 2.32. The molecule has 0 spiro atoms. The van der Waals surface area contributed by atoms with E-state index < -0.39 is 17.7 Å². The Morgan fingerprint density at radius 1 is 1.07 bits per heavy atom. The van der Waals surface area contributed by atoms with E-state index in [-0.39, 0.29) is 11.3 Å². The van der Waals surface area contributed by atoms with E-state index >= 15 is 0 Å². The average molecular weight is 211 g/mol. The number of rotatable bonds is 1. The van der Waals surface area contributed by atoms with Crippen molar-refractivity contribution in [2.75, 3.05) is 0 Å². The zero-order valence-corrected chi connectivity index (χ0v) is 7.28. The van der Waals surface area contributed by atoms with Crippen LogP contribution in [0.3, 0.4) is 0 Å². The summed E-state index contributed by atoms with van der Waals surface area (Å²) in [4.78, 5) is 2.77. The molecule has 0 radical (unpaired) electrons. The molecule has 0 atom stereocenters. The highest BCUT2D eigenvalue weighted by Gasteiger charge is 2.13. The number of aromatic nitrogens is 3. The highest BCUT2D eigenvalue weighted by molar-refractivity contribution is 5.57. The van der Waals surface area contributed by atoms with Gasteiger partial charge in [-0.1, -0.05) is 0 Å². The molecule has 0 amide bonds. The second-order valence-electron chi connectivity index (χ2n) is 2.71. The minimum Gasteiger partial charge on any atom is -0.202 e. The zero-order chi connectivity index (χ0) is 10.8. The van der Waals surface area contributed by atoms with Crippen molar-refractivity contribution in [2.45, 2.75) is 0 Å². The summed E-state index contributed by atoms with van der Waals surface area (Å²) in [6.07, 6.45) is 1.38. The molecule has 0 bridgehead atoms. The fraction of sp³-hybridized carbons (Fsp3) is 0. The van der Waals surface area contributed by atoms with Crippen LogP contribution in [0.1, 0.15) is 0 Å². The van der Waals surface area contributed by atoms with Crippen LogP contribution in [0.25, 0.3) is 11.3 Å². The van der Waals surface area contributed by atoms with E-state index in [0.29, 0.717) is 6.07 Å². The molecular weight excluding hydrogens is 207 g/mol. The SMILES string of the molecule is Fc1cc(-c2cccnn2)c(F)nc1F. The fourth-order valence-corrected chi connectivity index (χ4v) is 1.07. The molecule has 3 nitrogen and oxygen atoms in total. The van der Waals surface area contributed by atoms with Gasteiger partial charge in [0, 0.05) is 6.20 Å². The Hall–Kier alpha value is -1.98. The van der Waals surface area contributed by atoms with Crippen LogP contribution in [0.5, 0.6) is 0 Å². The molecule has 0 unspecified atom stereocenters. The molecule has 0 aliphatic carbocycles. The molecule has 0 saturated carbocycles. The Labute approximate surface area is 82.6 Å². The maximum atomic E-state index is 13.1. The summed E-state index contributed by atoms with van der Waals surface area (Å²) in [5, 5.41) is 7.06. The highest BCUT2D eigenvalue weighted by Crippen LogP contribution is 2.20. The summed E-state index contributed by atoms with van der Waals surface area (Å²) >= 11 is 0. The van der Waals surface area contributed by atoms with E-state index in [2.05, 4.69) is 15.2 Å². The van der Waals surface area contributed by atoms with E-state index in [4.69, 9.17) is 0 Å². The molecule has 15 heavy (non-hydrogen) atoms. The summed E-state index contributed by atoms with van der Waals surface area (Å²) < 4.78 is 38.4. The first-order chi connectivity index (χ1) is 7.18. The number of hydrogen-bond acceptors (Lipinski definition) is 3. The molecule has 76 valence electrons. The van der Waals surface area contributed by atoms with Gasteiger partial charge in [0.2, 0.25) is 5.95 Å². The normalized spacial score (nSPS) is 10.3. The predicted octanol–water partition coefficient (Wildman–Crippen LogP) is 1.96. The monoisotopic (exact) mass is 211 g/mol. The summed E-state index contributed by atoms with van der Waals surface area (Å²) in [6, 6.07) is 3.62. The molecule has 0 N–H and O–H groups in total. The van der Waals surface area contributed by atoms with Crippen LogP contribution in [0.2, 0.25) is 0 Å². The lowest BCUT2D eigenvalue weighted by molar-refractivity contribution is 0.449. The van der Waals surface area contributed by atoms with Gasteiger partial charge < -0.3 is 0 Å². The molecule has 6 heteroatoms. The van der Waals surface area contributed by atoms with Gasteiger partial charge >= 0.3 is 0 Å². The first-order valence-electron chi connectivity index (χ1n) is 3.98. The van der Waals surface area contributed by atoms with Gasteiger partial charge in [-0.25, -0.2) is 4.39 Å². The van der Waals surface area contributed by atoms with Crippen molar-refractivity contribution in [1.29, 1.82) is 0 Å². The highest BCUT2D eigenvalue weighted by atomic mass is 19.2. The summed E-state index contributed by atoms with van der Waals surface area (Å²) in [7, 11) is 0. The first-order valence-corrected chi connectivity index (χ1v) is 3.98. The van der Waals surface area contributed by atoms with Crippen molar-refractivity contribution >= 4 is 0 Å². The number of hydrogen-bond donors (Lipinski definition) is 0. The topological polar surface area (TPSA) is 38.7 Å². The molecule has 0 saturated heterocycles. The molecule has 2 aromatic heterocycles. The quantitative estimate of drug-likeness (QED) is 0.677. The van der Waals surface area contributed by atoms with E-state index in [1.807, 2.05) is 0 Å². The van der Waals surface area contributed by atoms with E-state index in [9.17, 15) is 13.2 Å². The number of halogens is 3. The molecule has 2 aromatic rings. The van der Waals surface area contributed by atoms with Crippen LogP contribution in [0.4, 0.5) is 13.2 Å². The van der Waals surface area contributed by atoms with Crippen LogP contribution in [-0.2, 0) is 0 Å². The Balaban J connectivity index is 2.59. The third-order valence-corrected chi connectivity index (χ3v) is 1.73. The van der Waals surface area contributed by atoms with Gasteiger partial charge in [-0.15, -0.1) is 0 Å². The molecule has 0 fully saturated rings. The lowest BCUT2D eigenvalue weighted by atomic mass is 10.2. The summed E-state index contributed by atoms with van der Waals surface area (Å²) in [6.45, 7) is 0. The molecule has 2 heterocycles. The molecule has 2 rings (SSSR count). The van der Waals surface area contributed by atoms with Crippen LogP contribution < -0.4 is 0 Å². The second kappa shape index (κ2) is 3.64. The summed E-state index contributed by atoms with van der Waals surface area (Å²) in [5.74, 6) is -3.81. The standard InChI is InChI=1S/C9H4F3N3/c10-6-4-5(8(11)14-9(6)12)7-2-1-3-13-15-7/h1-4H. The second-order valence-corrected chi connectivity index (χ2v) is 2.71. The van der Waals surface area contributed by atoms with Crippen LogP contribution in [0.15, 0.2) is 24.4 Å². The Bertz CT molecular complexity index is 487. The first kappa shape index (κ1) is 9.57. The van der Waals surface area contributed by atoms with Crippen molar-refractivity contribution in [2.24, 2.45) is 0 Å². The van der Waals surface area contributed by atoms with Gasteiger partial charge in [0.25, 0.3) is 5.95 Å². The Morgan fingerprint density at radius 2 is 1.87 bits per heavy atom. The maximum Gasteiger partial charge on any atom is 0.251 e. The third-order valence-electron chi connectivity index (χ3n) is 1.73. The van der Waals surface area contributed by atoms with Gasteiger partial charge in [0.1, 0.15) is 0 Å². The van der Waals surface area contributed by atoms with E-state index in [1.54, 1.807) is 0 Å². The molecule has 0 aliphatic heterocycles. The predicted molar refractivity (Wildman–Crippen MR) is 45.1 cm³/mol. The minimum absolute atomic E-state index is 0.0985. The minimum atomic E-state index is -1.47. The molecule has 0 aromatic carbocycles. The van der Waals surface area contributed by atoms with Gasteiger partial charge in [-0.2, -0.15) is 24.0 Å². The van der Waals surface area contributed by atoms with Crippen molar-refractivity contribution in [3.63, 3.8) is 0 Å². The van der Waals surface area contributed by atoms with Crippen LogP contribution >= 0.6 is 0 Å². The van der Waals surface area contributed by atoms with Gasteiger partial charge in [-0.3, -0.25) is 0 Å². The van der Waals surface area contributed by atoms with E-state index in [0.717, 1.165) is 0 Å². The van der Waals surface area contributed by atoms with Crippen LogP contribution in [0, 0.1) is 17.7 Å². The number of nitrogens with zero attached hydrogens (tertiary/aromatic N) is 3.